The molecule has 0 radical (unpaired) electrons. The number of nitrogens with one attached hydrogen (secondary N) is 1. The third kappa shape index (κ3) is 5.72. The van der Waals surface area contributed by atoms with Gasteiger partial charge < -0.3 is 14.4 Å². The van der Waals surface area contributed by atoms with Crippen molar-refractivity contribution in [2.75, 3.05) is 37.6 Å². The van der Waals surface area contributed by atoms with Gasteiger partial charge in [0.1, 0.15) is 0 Å². The minimum Gasteiger partial charge on any atom is -0.452 e. The van der Waals surface area contributed by atoms with E-state index in [2.05, 4.69) is 20.7 Å². The maximum Gasteiger partial charge on any atom is 0.340 e. The van der Waals surface area contributed by atoms with Gasteiger partial charge in [-0.3, -0.25) is 9.52 Å². The molecule has 0 atom stereocenters. The zero-order valence-corrected chi connectivity index (χ0v) is 18.8. The standard InChI is InChI=1S/C19H18BrClN2O6S/c20-13-1-3-14(4-2-13)22-30(26,27)15-5-6-17(21)16(11-15)19(25)29-12-18(24)23-7-9-28-10-8-23/h1-6,11,22H,7-10,12H2. The minimum absolute atomic E-state index is 0.0152. The molecule has 1 amide bonds. The molecule has 0 aliphatic carbocycles. The van der Waals surface area contributed by atoms with Crippen LogP contribution < -0.4 is 4.72 Å². The first kappa shape index (κ1) is 22.5. The summed E-state index contributed by atoms with van der Waals surface area (Å²) in [7, 11) is -3.97. The van der Waals surface area contributed by atoms with Crippen molar-refractivity contribution < 1.29 is 27.5 Å². The fraction of sp³-hybridized carbons (Fsp3) is 0.263. The van der Waals surface area contributed by atoms with Crippen LogP contribution in [0, 0.1) is 0 Å². The molecule has 1 fully saturated rings. The summed E-state index contributed by atoms with van der Waals surface area (Å²) >= 11 is 9.33. The van der Waals surface area contributed by atoms with Crippen molar-refractivity contribution in [2.24, 2.45) is 0 Å². The first-order chi connectivity index (χ1) is 14.3. The molecule has 0 spiro atoms. The number of anilines is 1. The molecule has 30 heavy (non-hydrogen) atoms. The molecule has 0 bridgehead atoms. The topological polar surface area (TPSA) is 102 Å². The molecule has 8 nitrogen and oxygen atoms in total. The zero-order valence-electron chi connectivity index (χ0n) is 15.6. The van der Waals surface area contributed by atoms with Crippen LogP contribution in [0.1, 0.15) is 10.4 Å². The molecule has 0 unspecified atom stereocenters. The molecule has 3 rings (SSSR count). The number of esters is 1. The van der Waals surface area contributed by atoms with Crippen LogP contribution in [0.4, 0.5) is 5.69 Å². The van der Waals surface area contributed by atoms with E-state index in [0.29, 0.717) is 32.0 Å². The Hall–Kier alpha value is -2.14. The molecular formula is C19H18BrClN2O6S. The zero-order chi connectivity index (χ0) is 21.7. The van der Waals surface area contributed by atoms with Gasteiger partial charge in [-0.25, -0.2) is 13.2 Å². The van der Waals surface area contributed by atoms with E-state index in [-0.39, 0.29) is 21.4 Å². The number of halogens is 2. The molecule has 1 aliphatic rings. The molecule has 160 valence electrons. The molecule has 0 aromatic heterocycles. The summed E-state index contributed by atoms with van der Waals surface area (Å²) in [4.78, 5) is 25.9. The molecular weight excluding hydrogens is 500 g/mol. The average molecular weight is 518 g/mol. The predicted octanol–water partition coefficient (Wildman–Crippen LogP) is 2.92. The highest BCUT2D eigenvalue weighted by atomic mass is 79.9. The first-order valence-electron chi connectivity index (χ1n) is 8.87. The van der Waals surface area contributed by atoms with Crippen molar-refractivity contribution >= 4 is 55.1 Å². The van der Waals surface area contributed by atoms with Gasteiger partial charge in [0, 0.05) is 23.2 Å². The largest absolute Gasteiger partial charge is 0.452 e. The van der Waals surface area contributed by atoms with Gasteiger partial charge in [0.25, 0.3) is 15.9 Å². The Morgan fingerprint density at radius 2 is 1.80 bits per heavy atom. The third-order valence-corrected chi connectivity index (χ3v) is 6.49. The highest BCUT2D eigenvalue weighted by Crippen LogP contribution is 2.24. The van der Waals surface area contributed by atoms with Crippen LogP contribution in [-0.2, 0) is 24.3 Å². The van der Waals surface area contributed by atoms with E-state index in [1.54, 1.807) is 24.3 Å². The third-order valence-electron chi connectivity index (χ3n) is 4.26. The molecule has 1 aliphatic heterocycles. The Kier molecular flexibility index (Phi) is 7.35. The van der Waals surface area contributed by atoms with E-state index in [0.717, 1.165) is 10.5 Å². The van der Waals surface area contributed by atoms with Crippen LogP contribution in [0.2, 0.25) is 5.02 Å². The van der Waals surface area contributed by atoms with Crippen LogP contribution in [0.3, 0.4) is 0 Å². The lowest BCUT2D eigenvalue weighted by Crippen LogP contribution is -2.42. The van der Waals surface area contributed by atoms with E-state index < -0.39 is 22.6 Å². The van der Waals surface area contributed by atoms with Gasteiger partial charge >= 0.3 is 5.97 Å². The van der Waals surface area contributed by atoms with Gasteiger partial charge in [-0.15, -0.1) is 0 Å². The van der Waals surface area contributed by atoms with Crippen LogP contribution in [0.15, 0.2) is 51.8 Å². The predicted molar refractivity (Wildman–Crippen MR) is 114 cm³/mol. The maximum absolute atomic E-state index is 12.7. The summed E-state index contributed by atoms with van der Waals surface area (Å²) < 4.78 is 38.7. The minimum atomic E-state index is -3.97. The van der Waals surface area contributed by atoms with E-state index in [1.165, 1.54) is 17.0 Å². The fourth-order valence-corrected chi connectivity index (χ4v) is 4.21. The van der Waals surface area contributed by atoms with Crippen LogP contribution in [-0.4, -0.2) is 58.1 Å². The number of carbonyl (C=O) groups excluding carboxylic acids is 2. The van der Waals surface area contributed by atoms with E-state index in [4.69, 9.17) is 21.1 Å². The fourth-order valence-electron chi connectivity index (χ4n) is 2.67. The lowest BCUT2D eigenvalue weighted by molar-refractivity contribution is -0.138. The number of rotatable bonds is 6. The van der Waals surface area contributed by atoms with E-state index in [1.807, 2.05) is 0 Å². The molecule has 1 N–H and O–H groups in total. The van der Waals surface area contributed by atoms with Crippen molar-refractivity contribution in [1.82, 2.24) is 4.90 Å². The number of sulfonamides is 1. The molecule has 1 saturated heterocycles. The Labute approximate surface area is 187 Å². The lowest BCUT2D eigenvalue weighted by atomic mass is 10.2. The summed E-state index contributed by atoms with van der Waals surface area (Å²) in [6, 6.07) is 10.2. The van der Waals surface area contributed by atoms with Gasteiger partial charge in [0.2, 0.25) is 0 Å². The maximum atomic E-state index is 12.7. The number of ether oxygens (including phenoxy) is 2. The smallest absolute Gasteiger partial charge is 0.340 e. The van der Waals surface area contributed by atoms with Crippen LogP contribution in [0.5, 0.6) is 0 Å². The highest BCUT2D eigenvalue weighted by molar-refractivity contribution is 9.10. The molecule has 2 aromatic carbocycles. The lowest BCUT2D eigenvalue weighted by Gasteiger charge is -2.26. The van der Waals surface area contributed by atoms with Gasteiger partial charge in [-0.05, 0) is 42.5 Å². The molecule has 2 aromatic rings. The second kappa shape index (κ2) is 9.78. The normalized spacial score (nSPS) is 14.3. The van der Waals surface area contributed by atoms with Crippen molar-refractivity contribution in [1.29, 1.82) is 0 Å². The second-order valence-corrected chi connectivity index (χ2v) is 9.33. The van der Waals surface area contributed by atoms with Crippen molar-refractivity contribution in [3.63, 3.8) is 0 Å². The van der Waals surface area contributed by atoms with Crippen LogP contribution in [0.25, 0.3) is 0 Å². The highest BCUT2D eigenvalue weighted by Gasteiger charge is 2.22. The molecule has 11 heteroatoms. The van der Waals surface area contributed by atoms with Crippen LogP contribution >= 0.6 is 27.5 Å². The summed E-state index contributed by atoms with van der Waals surface area (Å²) in [5.41, 5.74) is 0.207. The Morgan fingerprint density at radius 1 is 1.13 bits per heavy atom. The monoisotopic (exact) mass is 516 g/mol. The summed E-state index contributed by atoms with van der Waals surface area (Å²) in [6.45, 7) is 1.23. The summed E-state index contributed by atoms with van der Waals surface area (Å²) in [6.07, 6.45) is 0. The number of benzene rings is 2. The number of hydrogen-bond acceptors (Lipinski definition) is 6. The van der Waals surface area contributed by atoms with Gasteiger partial charge in [-0.2, -0.15) is 0 Å². The number of amides is 1. The SMILES string of the molecule is O=C(OCC(=O)N1CCOCC1)c1cc(S(=O)(=O)Nc2ccc(Br)cc2)ccc1Cl. The number of nitrogens with zero attached hydrogens (tertiary/aromatic N) is 1. The van der Waals surface area contributed by atoms with Gasteiger partial charge in [-0.1, -0.05) is 27.5 Å². The van der Waals surface area contributed by atoms with Gasteiger partial charge in [0.15, 0.2) is 6.61 Å². The Bertz CT molecular complexity index is 1040. The van der Waals surface area contributed by atoms with Gasteiger partial charge in [0.05, 0.1) is 28.7 Å². The first-order valence-corrected chi connectivity index (χ1v) is 11.5. The number of morpholine rings is 1. The number of carbonyl (C=O) groups is 2. The molecule has 0 saturated carbocycles. The average Bonchev–Trinajstić information content (AvgIpc) is 2.74. The Morgan fingerprint density at radius 3 is 2.47 bits per heavy atom. The van der Waals surface area contributed by atoms with Crippen molar-refractivity contribution in [3.05, 3.63) is 57.5 Å². The quantitative estimate of drug-likeness (QED) is 0.591. The molecule has 1 heterocycles. The van der Waals surface area contributed by atoms with E-state index >= 15 is 0 Å². The summed E-state index contributed by atoms with van der Waals surface area (Å²) in [5.74, 6) is -1.24. The van der Waals surface area contributed by atoms with E-state index in [9.17, 15) is 18.0 Å². The second-order valence-electron chi connectivity index (χ2n) is 6.32. The number of hydrogen-bond donors (Lipinski definition) is 1. The van der Waals surface area contributed by atoms with Crippen molar-refractivity contribution in [2.45, 2.75) is 4.90 Å². The summed E-state index contributed by atoms with van der Waals surface area (Å²) in [5, 5.41) is 0.0152. The Balaban J connectivity index is 1.71. The van der Waals surface area contributed by atoms with Crippen molar-refractivity contribution in [3.8, 4) is 0 Å².